The molecule has 0 spiro atoms. The second-order valence-corrected chi connectivity index (χ2v) is 5.07. The van der Waals surface area contributed by atoms with E-state index in [0.717, 1.165) is 0 Å². The molecule has 1 aromatic rings. The quantitative estimate of drug-likeness (QED) is 0.888. The van der Waals surface area contributed by atoms with Crippen molar-refractivity contribution in [2.24, 2.45) is 5.92 Å². The van der Waals surface area contributed by atoms with Crippen LogP contribution in [-0.4, -0.2) is 22.1 Å². The molecule has 1 atom stereocenters. The van der Waals surface area contributed by atoms with Crippen LogP contribution >= 0.6 is 0 Å². The Hall–Kier alpha value is -1.49. The van der Waals surface area contributed by atoms with Crippen LogP contribution in [0.15, 0.2) is 30.3 Å². The first-order valence-corrected chi connectivity index (χ1v) is 6.25. The van der Waals surface area contributed by atoms with Gasteiger partial charge in [0.15, 0.2) is 5.60 Å². The topological polar surface area (TPSA) is 57.5 Å². The Morgan fingerprint density at radius 2 is 1.74 bits per heavy atom. The lowest BCUT2D eigenvalue weighted by atomic mass is 9.72. The number of benzene rings is 1. The molecule has 2 N–H and O–H groups in total. The van der Waals surface area contributed by atoms with Crippen molar-refractivity contribution in [2.45, 2.75) is 37.2 Å². The van der Waals surface area contributed by atoms with Crippen LogP contribution in [0.2, 0.25) is 0 Å². The van der Waals surface area contributed by atoms with Crippen LogP contribution in [-0.2, 0) is 10.4 Å². The summed E-state index contributed by atoms with van der Waals surface area (Å²) < 4.78 is 26.3. The third kappa shape index (κ3) is 2.61. The largest absolute Gasteiger partial charge is 0.479 e. The Bertz CT molecular complexity index is 451. The lowest BCUT2D eigenvalue weighted by Gasteiger charge is -2.37. The molecule has 5 heteroatoms. The second-order valence-electron chi connectivity index (χ2n) is 5.07. The highest BCUT2D eigenvalue weighted by Crippen LogP contribution is 2.44. The van der Waals surface area contributed by atoms with E-state index in [2.05, 4.69) is 0 Å². The summed E-state index contributed by atoms with van der Waals surface area (Å²) >= 11 is 0. The Morgan fingerprint density at radius 1 is 1.21 bits per heavy atom. The van der Waals surface area contributed by atoms with Gasteiger partial charge in [-0.2, -0.15) is 0 Å². The zero-order chi connectivity index (χ0) is 14.1. The molecule has 1 aliphatic carbocycles. The van der Waals surface area contributed by atoms with E-state index in [1.165, 1.54) is 12.1 Å². The summed E-state index contributed by atoms with van der Waals surface area (Å²) in [5.41, 5.74) is -1.84. The van der Waals surface area contributed by atoms with E-state index >= 15 is 0 Å². The molecule has 2 rings (SSSR count). The predicted molar refractivity (Wildman–Crippen MR) is 64.9 cm³/mol. The van der Waals surface area contributed by atoms with E-state index in [-0.39, 0.29) is 31.2 Å². The summed E-state index contributed by atoms with van der Waals surface area (Å²) in [5.74, 6) is -4.81. The van der Waals surface area contributed by atoms with Gasteiger partial charge in [-0.25, -0.2) is 13.6 Å². The van der Waals surface area contributed by atoms with Crippen molar-refractivity contribution in [1.29, 1.82) is 0 Å². The van der Waals surface area contributed by atoms with E-state index < -0.39 is 23.4 Å². The molecule has 19 heavy (non-hydrogen) atoms. The molecule has 3 nitrogen and oxygen atoms in total. The van der Waals surface area contributed by atoms with Crippen LogP contribution in [0.3, 0.4) is 0 Å². The number of carbonyl (C=O) groups is 1. The highest BCUT2D eigenvalue weighted by Gasteiger charge is 2.49. The van der Waals surface area contributed by atoms with Crippen LogP contribution in [0.4, 0.5) is 8.78 Å². The fraction of sp³-hybridized carbons (Fsp3) is 0.500. The van der Waals surface area contributed by atoms with Gasteiger partial charge in [-0.1, -0.05) is 30.3 Å². The monoisotopic (exact) mass is 270 g/mol. The minimum absolute atomic E-state index is 0.00466. The van der Waals surface area contributed by atoms with Crippen molar-refractivity contribution in [3.05, 3.63) is 35.9 Å². The maximum absolute atomic E-state index is 13.1. The highest BCUT2D eigenvalue weighted by atomic mass is 19.3. The molecule has 1 aromatic carbocycles. The van der Waals surface area contributed by atoms with Crippen molar-refractivity contribution in [3.63, 3.8) is 0 Å². The lowest BCUT2D eigenvalue weighted by Crippen LogP contribution is -2.45. The van der Waals surface area contributed by atoms with E-state index in [9.17, 15) is 23.8 Å². The van der Waals surface area contributed by atoms with Gasteiger partial charge in [-0.3, -0.25) is 0 Å². The molecular weight excluding hydrogens is 254 g/mol. The number of hydrogen-bond donors (Lipinski definition) is 2. The van der Waals surface area contributed by atoms with Crippen LogP contribution in [0.5, 0.6) is 0 Å². The number of halogens is 2. The summed E-state index contributed by atoms with van der Waals surface area (Å²) in [6.45, 7) is 0. The maximum Gasteiger partial charge on any atom is 0.340 e. The smallest absolute Gasteiger partial charge is 0.340 e. The van der Waals surface area contributed by atoms with Crippen LogP contribution in [0, 0.1) is 5.92 Å². The van der Waals surface area contributed by atoms with Crippen molar-refractivity contribution < 1.29 is 23.8 Å². The molecule has 1 saturated carbocycles. The van der Waals surface area contributed by atoms with E-state index in [1.807, 2.05) is 0 Å². The van der Waals surface area contributed by atoms with E-state index in [4.69, 9.17) is 0 Å². The first-order chi connectivity index (χ1) is 8.86. The summed E-state index contributed by atoms with van der Waals surface area (Å²) in [4.78, 5) is 11.4. The third-order valence-corrected chi connectivity index (χ3v) is 3.85. The number of carboxylic acid groups (broad SMARTS) is 1. The Kier molecular flexibility index (Phi) is 3.58. The number of rotatable bonds is 3. The predicted octanol–water partition coefficient (Wildman–Crippen LogP) is 2.78. The zero-order valence-electron chi connectivity index (χ0n) is 10.4. The van der Waals surface area contributed by atoms with Gasteiger partial charge in [-0.15, -0.1) is 0 Å². The average Bonchev–Trinajstić information content (AvgIpc) is 2.38. The SMILES string of the molecule is O=C(O)C(O)(c1ccccc1)C1CCC(F)(F)CC1. The van der Waals surface area contributed by atoms with Gasteiger partial charge >= 0.3 is 5.97 Å². The number of hydrogen-bond acceptors (Lipinski definition) is 2. The minimum atomic E-state index is -2.74. The van der Waals surface area contributed by atoms with Gasteiger partial charge in [0.2, 0.25) is 5.92 Å². The van der Waals surface area contributed by atoms with Gasteiger partial charge in [0, 0.05) is 18.8 Å². The van der Waals surface area contributed by atoms with Crippen molar-refractivity contribution in [1.82, 2.24) is 0 Å². The Morgan fingerprint density at radius 3 is 2.21 bits per heavy atom. The first-order valence-electron chi connectivity index (χ1n) is 6.25. The average molecular weight is 270 g/mol. The van der Waals surface area contributed by atoms with Gasteiger partial charge in [0.05, 0.1) is 0 Å². The Balaban J connectivity index is 2.29. The van der Waals surface area contributed by atoms with Crippen molar-refractivity contribution in [3.8, 4) is 0 Å². The van der Waals surface area contributed by atoms with Crippen molar-refractivity contribution >= 4 is 5.97 Å². The summed E-state index contributed by atoms with van der Waals surface area (Å²) in [6.07, 6.45) is -0.741. The molecule has 1 aliphatic rings. The minimum Gasteiger partial charge on any atom is -0.479 e. The van der Waals surface area contributed by atoms with Gasteiger partial charge in [-0.05, 0) is 18.4 Å². The Labute approximate surface area is 109 Å². The van der Waals surface area contributed by atoms with Crippen LogP contribution < -0.4 is 0 Å². The highest BCUT2D eigenvalue weighted by molar-refractivity contribution is 5.79. The molecule has 1 fully saturated rings. The molecule has 0 saturated heterocycles. The summed E-state index contributed by atoms with van der Waals surface area (Å²) in [7, 11) is 0. The number of alkyl halides is 2. The van der Waals surface area contributed by atoms with E-state index in [1.54, 1.807) is 18.2 Å². The second kappa shape index (κ2) is 4.89. The normalized spacial score (nSPS) is 22.7. The molecule has 104 valence electrons. The van der Waals surface area contributed by atoms with Crippen LogP contribution in [0.1, 0.15) is 31.2 Å². The molecule has 0 aromatic heterocycles. The number of aliphatic carboxylic acids is 1. The van der Waals surface area contributed by atoms with Gasteiger partial charge in [0.1, 0.15) is 0 Å². The van der Waals surface area contributed by atoms with E-state index in [0.29, 0.717) is 0 Å². The molecule has 0 heterocycles. The summed E-state index contributed by atoms with van der Waals surface area (Å²) in [6, 6.07) is 7.99. The number of aliphatic hydroxyl groups is 1. The molecule has 1 unspecified atom stereocenters. The van der Waals surface area contributed by atoms with Crippen molar-refractivity contribution in [2.75, 3.05) is 0 Å². The summed E-state index contributed by atoms with van der Waals surface area (Å²) in [5, 5.41) is 19.8. The first kappa shape index (κ1) is 13.9. The standard InChI is InChI=1S/C14H16F2O3/c15-13(16)8-6-11(7-9-13)14(19,12(17)18)10-4-2-1-3-5-10/h1-5,11,19H,6-9H2,(H,17,18). The molecule has 0 radical (unpaired) electrons. The lowest BCUT2D eigenvalue weighted by molar-refractivity contribution is -0.172. The fourth-order valence-electron chi connectivity index (χ4n) is 2.68. The van der Waals surface area contributed by atoms with Crippen LogP contribution in [0.25, 0.3) is 0 Å². The number of carboxylic acids is 1. The molecule has 0 amide bonds. The molecule has 0 aliphatic heterocycles. The zero-order valence-corrected chi connectivity index (χ0v) is 10.4. The van der Waals surface area contributed by atoms with Gasteiger partial charge < -0.3 is 10.2 Å². The maximum atomic E-state index is 13.1. The molecular formula is C14H16F2O3. The molecule has 0 bridgehead atoms. The van der Waals surface area contributed by atoms with Gasteiger partial charge in [0.25, 0.3) is 0 Å². The fourth-order valence-corrected chi connectivity index (χ4v) is 2.68. The third-order valence-electron chi connectivity index (χ3n) is 3.85.